The van der Waals surface area contributed by atoms with E-state index >= 15 is 0 Å². The highest BCUT2D eigenvalue weighted by Gasteiger charge is 2.11. The van der Waals surface area contributed by atoms with Gasteiger partial charge in [0.1, 0.15) is 11.6 Å². The zero-order valence-electron chi connectivity index (χ0n) is 17.8. The summed E-state index contributed by atoms with van der Waals surface area (Å²) in [6, 6.07) is 25.5. The van der Waals surface area contributed by atoms with E-state index < -0.39 is 0 Å². The van der Waals surface area contributed by atoms with Gasteiger partial charge in [0, 0.05) is 29.5 Å². The fourth-order valence-corrected chi connectivity index (χ4v) is 4.06. The summed E-state index contributed by atoms with van der Waals surface area (Å²) in [5, 5.41) is 3.01. The van der Waals surface area contributed by atoms with E-state index in [9.17, 15) is 4.79 Å². The maximum Gasteiger partial charge on any atom is 0.251 e. The summed E-state index contributed by atoms with van der Waals surface area (Å²) in [6.45, 7) is 2.09. The molecule has 3 aromatic carbocycles. The van der Waals surface area contributed by atoms with Gasteiger partial charge in [-0.3, -0.25) is 4.79 Å². The second kappa shape index (κ2) is 11.0. The summed E-state index contributed by atoms with van der Waals surface area (Å²) in [5.74, 6) is 1.82. The molecule has 1 aromatic heterocycles. The molecule has 0 unspecified atom stereocenters. The van der Waals surface area contributed by atoms with Crippen molar-refractivity contribution in [1.82, 2.24) is 14.9 Å². The molecular formula is C26H26BrN3O2. The Hall–Kier alpha value is -3.12. The number of aromatic nitrogens is 2. The van der Waals surface area contributed by atoms with Crippen molar-refractivity contribution in [2.24, 2.45) is 0 Å². The quantitative estimate of drug-likeness (QED) is 0.292. The molecule has 0 fully saturated rings. The van der Waals surface area contributed by atoms with Gasteiger partial charge in [-0.2, -0.15) is 0 Å². The molecule has 6 heteroatoms. The largest absolute Gasteiger partial charge is 0.494 e. The minimum atomic E-state index is -0.0768. The van der Waals surface area contributed by atoms with Crippen molar-refractivity contribution >= 4 is 32.9 Å². The molecular weight excluding hydrogens is 466 g/mol. The fourth-order valence-electron chi connectivity index (χ4n) is 3.66. The van der Waals surface area contributed by atoms with Crippen LogP contribution in [-0.4, -0.2) is 28.6 Å². The number of fused-ring (bicyclic) bond motifs is 1. The van der Waals surface area contributed by atoms with Crippen LogP contribution in [-0.2, 0) is 13.0 Å². The van der Waals surface area contributed by atoms with Crippen LogP contribution in [0.3, 0.4) is 0 Å². The average molecular weight is 492 g/mol. The summed E-state index contributed by atoms with van der Waals surface area (Å²) in [7, 11) is 0. The number of carbonyl (C=O) groups excluding carboxylic acids is 1. The van der Waals surface area contributed by atoms with Crippen LogP contribution in [0.1, 0.15) is 29.0 Å². The van der Waals surface area contributed by atoms with Crippen molar-refractivity contribution < 1.29 is 9.53 Å². The third-order valence-corrected chi connectivity index (χ3v) is 5.74. The third kappa shape index (κ3) is 5.77. The van der Waals surface area contributed by atoms with Gasteiger partial charge < -0.3 is 14.6 Å². The molecule has 5 nitrogen and oxygen atoms in total. The van der Waals surface area contributed by atoms with Gasteiger partial charge in [-0.25, -0.2) is 4.98 Å². The molecule has 0 aliphatic heterocycles. The molecule has 164 valence electrons. The predicted octanol–water partition coefficient (Wildman–Crippen LogP) is 5.63. The number of hydrogen-bond donors (Lipinski definition) is 1. The monoisotopic (exact) mass is 491 g/mol. The number of benzene rings is 3. The average Bonchev–Trinajstić information content (AvgIpc) is 3.17. The maximum absolute atomic E-state index is 12.4. The van der Waals surface area contributed by atoms with Crippen molar-refractivity contribution in [2.45, 2.75) is 25.8 Å². The van der Waals surface area contributed by atoms with E-state index in [0.29, 0.717) is 25.1 Å². The molecule has 4 rings (SSSR count). The molecule has 0 atom stereocenters. The minimum Gasteiger partial charge on any atom is -0.494 e. The number of aryl methyl sites for hydroxylation is 1. The zero-order valence-corrected chi connectivity index (χ0v) is 19.4. The fraction of sp³-hybridized carbons (Fsp3) is 0.231. The molecule has 0 saturated heterocycles. The first-order chi connectivity index (χ1) is 15.7. The summed E-state index contributed by atoms with van der Waals surface area (Å²) in [4.78, 5) is 17.2. The van der Waals surface area contributed by atoms with Crippen molar-refractivity contribution in [3.8, 4) is 5.75 Å². The Bertz CT molecular complexity index is 1170. The summed E-state index contributed by atoms with van der Waals surface area (Å²) in [5.41, 5.74) is 2.76. The minimum absolute atomic E-state index is 0.0768. The third-order valence-electron chi connectivity index (χ3n) is 5.24. The number of halogens is 1. The molecule has 0 spiro atoms. The number of nitrogens with zero attached hydrogens (tertiary/aromatic N) is 2. The maximum atomic E-state index is 12.4. The second-order valence-corrected chi connectivity index (χ2v) is 8.47. The van der Waals surface area contributed by atoms with E-state index in [1.165, 1.54) is 0 Å². The van der Waals surface area contributed by atoms with Gasteiger partial charge in [-0.05, 0) is 55.3 Å². The topological polar surface area (TPSA) is 56.2 Å². The SMILES string of the molecule is O=C(NCCc1nc2ccccc2n1CCCCOc1ccccc1)c1cccc(Br)c1. The van der Waals surface area contributed by atoms with Gasteiger partial charge in [0.15, 0.2) is 0 Å². The van der Waals surface area contributed by atoms with Crippen LogP contribution in [0.2, 0.25) is 0 Å². The molecule has 0 saturated carbocycles. The molecule has 0 aliphatic carbocycles. The predicted molar refractivity (Wildman–Crippen MR) is 131 cm³/mol. The number of nitrogens with one attached hydrogen (secondary N) is 1. The first-order valence-corrected chi connectivity index (χ1v) is 11.7. The highest BCUT2D eigenvalue weighted by atomic mass is 79.9. The van der Waals surface area contributed by atoms with Gasteiger partial charge in [0.2, 0.25) is 0 Å². The Morgan fingerprint density at radius 2 is 1.78 bits per heavy atom. The first kappa shape index (κ1) is 22.1. The van der Waals surface area contributed by atoms with Crippen LogP contribution in [0.25, 0.3) is 11.0 Å². The molecule has 0 radical (unpaired) electrons. The lowest BCUT2D eigenvalue weighted by atomic mass is 10.2. The van der Waals surface area contributed by atoms with Crippen LogP contribution < -0.4 is 10.1 Å². The van der Waals surface area contributed by atoms with E-state index in [1.54, 1.807) is 0 Å². The summed E-state index contributed by atoms with van der Waals surface area (Å²) < 4.78 is 8.97. The molecule has 1 amide bonds. The second-order valence-electron chi connectivity index (χ2n) is 7.55. The first-order valence-electron chi connectivity index (χ1n) is 10.9. The molecule has 0 aliphatic rings. The van der Waals surface area contributed by atoms with Gasteiger partial charge in [-0.1, -0.05) is 52.3 Å². The Morgan fingerprint density at radius 1 is 0.969 bits per heavy atom. The lowest BCUT2D eigenvalue weighted by Crippen LogP contribution is -2.26. The normalized spacial score (nSPS) is 10.9. The van der Waals surface area contributed by atoms with Gasteiger partial charge in [-0.15, -0.1) is 0 Å². The Labute approximate surface area is 196 Å². The van der Waals surface area contributed by atoms with E-state index in [4.69, 9.17) is 9.72 Å². The van der Waals surface area contributed by atoms with E-state index in [1.807, 2.05) is 72.8 Å². The van der Waals surface area contributed by atoms with Crippen molar-refractivity contribution in [3.05, 3.63) is 94.7 Å². The smallest absolute Gasteiger partial charge is 0.251 e. The highest BCUT2D eigenvalue weighted by Crippen LogP contribution is 2.18. The summed E-state index contributed by atoms with van der Waals surface area (Å²) >= 11 is 3.41. The highest BCUT2D eigenvalue weighted by molar-refractivity contribution is 9.10. The van der Waals surface area contributed by atoms with Crippen molar-refractivity contribution in [2.75, 3.05) is 13.2 Å². The number of para-hydroxylation sites is 3. The number of carbonyl (C=O) groups is 1. The van der Waals surface area contributed by atoms with E-state index in [-0.39, 0.29) is 5.91 Å². The molecule has 1 N–H and O–H groups in total. The lowest BCUT2D eigenvalue weighted by molar-refractivity contribution is 0.0954. The Kier molecular flexibility index (Phi) is 7.56. The number of hydrogen-bond acceptors (Lipinski definition) is 3. The Morgan fingerprint density at radius 3 is 2.62 bits per heavy atom. The zero-order chi connectivity index (χ0) is 22.2. The van der Waals surface area contributed by atoms with Gasteiger partial charge >= 0.3 is 0 Å². The molecule has 0 bridgehead atoms. The van der Waals surface area contributed by atoms with Crippen molar-refractivity contribution in [1.29, 1.82) is 0 Å². The number of unbranched alkanes of at least 4 members (excludes halogenated alkanes) is 1. The van der Waals surface area contributed by atoms with Gasteiger partial charge in [0.25, 0.3) is 5.91 Å². The molecule has 1 heterocycles. The number of imidazole rings is 1. The number of amides is 1. The summed E-state index contributed by atoms with van der Waals surface area (Å²) in [6.07, 6.45) is 2.62. The molecule has 32 heavy (non-hydrogen) atoms. The standard InChI is InChI=1S/C26H26BrN3O2/c27-21-10-8-9-20(19-21)26(31)28-16-15-25-29-23-13-4-5-14-24(23)30(25)17-6-7-18-32-22-11-2-1-3-12-22/h1-5,8-14,19H,6-7,15-18H2,(H,28,31). The van der Waals surface area contributed by atoms with Crippen LogP contribution in [0.5, 0.6) is 5.75 Å². The van der Waals surface area contributed by atoms with E-state index in [2.05, 4.69) is 31.9 Å². The van der Waals surface area contributed by atoms with Crippen LogP contribution in [0, 0.1) is 0 Å². The molecule has 4 aromatic rings. The number of ether oxygens (including phenoxy) is 1. The van der Waals surface area contributed by atoms with Gasteiger partial charge in [0.05, 0.1) is 17.6 Å². The lowest BCUT2D eigenvalue weighted by Gasteiger charge is -2.11. The van der Waals surface area contributed by atoms with Crippen molar-refractivity contribution in [3.63, 3.8) is 0 Å². The Balaban J connectivity index is 1.34. The van der Waals surface area contributed by atoms with E-state index in [0.717, 1.165) is 46.5 Å². The number of rotatable bonds is 10. The van der Waals surface area contributed by atoms with Crippen LogP contribution >= 0.6 is 15.9 Å². The van der Waals surface area contributed by atoms with Crippen LogP contribution in [0.4, 0.5) is 0 Å². The van der Waals surface area contributed by atoms with Crippen LogP contribution in [0.15, 0.2) is 83.3 Å².